The molecule has 0 aliphatic carbocycles. The van der Waals surface area contributed by atoms with Crippen LogP contribution < -0.4 is 11.1 Å². The highest BCUT2D eigenvalue weighted by molar-refractivity contribution is 6.06. The number of amides is 2. The van der Waals surface area contributed by atoms with Crippen LogP contribution in [0.1, 0.15) is 33.0 Å². The average molecular weight is 435 g/mol. The Morgan fingerprint density at radius 3 is 2.75 bits per heavy atom. The average Bonchev–Trinajstić information content (AvgIpc) is 3.39. The molecule has 3 N–H and O–H groups in total. The van der Waals surface area contributed by atoms with Crippen LogP contribution in [0.2, 0.25) is 0 Å². The Kier molecular flexibility index (Phi) is 5.91. The van der Waals surface area contributed by atoms with Crippen LogP contribution in [0.4, 0.5) is 5.69 Å². The van der Waals surface area contributed by atoms with Crippen molar-refractivity contribution in [3.63, 3.8) is 0 Å². The maximum Gasteiger partial charge on any atom is 0.272 e. The molecule has 0 radical (unpaired) electrons. The van der Waals surface area contributed by atoms with E-state index >= 15 is 0 Å². The number of furan rings is 1. The van der Waals surface area contributed by atoms with Crippen molar-refractivity contribution in [1.82, 2.24) is 20.1 Å². The fourth-order valence-corrected chi connectivity index (χ4v) is 3.75. The van der Waals surface area contributed by atoms with E-state index in [1.807, 2.05) is 33.2 Å². The second-order valence-electron chi connectivity index (χ2n) is 8.12. The maximum absolute atomic E-state index is 12.7. The zero-order valence-electron chi connectivity index (χ0n) is 18.3. The number of nitrogens with one attached hydrogen (secondary N) is 1. The molecule has 0 unspecified atom stereocenters. The molecule has 9 heteroatoms. The zero-order valence-corrected chi connectivity index (χ0v) is 18.3. The van der Waals surface area contributed by atoms with E-state index in [2.05, 4.69) is 20.2 Å². The molecule has 0 bridgehead atoms. The van der Waals surface area contributed by atoms with E-state index in [1.165, 1.54) is 6.20 Å². The predicted molar refractivity (Wildman–Crippen MR) is 122 cm³/mol. The fourth-order valence-electron chi connectivity index (χ4n) is 3.75. The number of pyridine rings is 1. The SMILES string of the molecule is Cc1cc2cc(N=C(N)NC(=O)c3ccc(C(=O)N4CC[C@@H](N(C)C)C4)nc3)ccc2o1. The quantitative estimate of drug-likeness (QED) is 0.481. The number of likely N-dealkylation sites (N-methyl/N-ethyl adjacent to an activating group) is 1. The second-order valence-corrected chi connectivity index (χ2v) is 8.12. The minimum atomic E-state index is -0.452. The minimum absolute atomic E-state index is 0.0403. The van der Waals surface area contributed by atoms with Gasteiger partial charge in [0, 0.05) is 30.7 Å². The number of aromatic nitrogens is 1. The highest BCUT2D eigenvalue weighted by Gasteiger charge is 2.28. The number of rotatable bonds is 4. The monoisotopic (exact) mass is 434 g/mol. The van der Waals surface area contributed by atoms with Crippen LogP contribution >= 0.6 is 0 Å². The van der Waals surface area contributed by atoms with E-state index in [0.717, 1.165) is 23.2 Å². The van der Waals surface area contributed by atoms with E-state index in [4.69, 9.17) is 10.2 Å². The van der Waals surface area contributed by atoms with Crippen LogP contribution in [-0.2, 0) is 0 Å². The molecule has 1 aliphatic heterocycles. The topological polar surface area (TPSA) is 117 Å². The van der Waals surface area contributed by atoms with Gasteiger partial charge in [-0.15, -0.1) is 0 Å². The first-order chi connectivity index (χ1) is 15.3. The zero-order chi connectivity index (χ0) is 22.8. The molecule has 2 amide bonds. The molecule has 1 aromatic carbocycles. The molecule has 1 atom stereocenters. The molecule has 4 rings (SSSR count). The summed E-state index contributed by atoms with van der Waals surface area (Å²) in [6.07, 6.45) is 2.31. The van der Waals surface area contributed by atoms with Gasteiger partial charge in [-0.3, -0.25) is 19.9 Å². The van der Waals surface area contributed by atoms with Gasteiger partial charge in [0.15, 0.2) is 0 Å². The van der Waals surface area contributed by atoms with Gasteiger partial charge in [-0.25, -0.2) is 4.99 Å². The van der Waals surface area contributed by atoms with Crippen molar-refractivity contribution in [1.29, 1.82) is 0 Å². The number of likely N-dealkylation sites (tertiary alicyclic amines) is 1. The summed E-state index contributed by atoms with van der Waals surface area (Å²) < 4.78 is 5.54. The number of hydrogen-bond donors (Lipinski definition) is 2. The Hall–Kier alpha value is -3.72. The van der Waals surface area contributed by atoms with Crippen LogP contribution in [-0.4, -0.2) is 65.8 Å². The number of benzene rings is 1. The van der Waals surface area contributed by atoms with Crippen LogP contribution in [0, 0.1) is 6.92 Å². The highest BCUT2D eigenvalue weighted by atomic mass is 16.3. The van der Waals surface area contributed by atoms with E-state index in [1.54, 1.807) is 29.2 Å². The van der Waals surface area contributed by atoms with Gasteiger partial charge in [0.1, 0.15) is 17.0 Å². The lowest BCUT2D eigenvalue weighted by Crippen LogP contribution is -2.37. The van der Waals surface area contributed by atoms with E-state index in [0.29, 0.717) is 30.5 Å². The third-order valence-electron chi connectivity index (χ3n) is 5.54. The van der Waals surface area contributed by atoms with Gasteiger partial charge < -0.3 is 20.0 Å². The number of guanidine groups is 1. The van der Waals surface area contributed by atoms with Crippen LogP contribution in [0.15, 0.2) is 52.0 Å². The smallest absolute Gasteiger partial charge is 0.272 e. The summed E-state index contributed by atoms with van der Waals surface area (Å²) >= 11 is 0. The summed E-state index contributed by atoms with van der Waals surface area (Å²) in [7, 11) is 4.02. The fraction of sp³-hybridized carbons (Fsp3) is 0.304. The lowest BCUT2D eigenvalue weighted by atomic mass is 10.2. The van der Waals surface area contributed by atoms with Crippen LogP contribution in [0.25, 0.3) is 11.0 Å². The summed E-state index contributed by atoms with van der Waals surface area (Å²) in [4.78, 5) is 37.5. The van der Waals surface area contributed by atoms with Crippen molar-refractivity contribution < 1.29 is 14.0 Å². The number of hydrogen-bond acceptors (Lipinski definition) is 6. The first-order valence-corrected chi connectivity index (χ1v) is 10.4. The third kappa shape index (κ3) is 4.62. The molecule has 3 aromatic rings. The van der Waals surface area contributed by atoms with Gasteiger partial charge in [0.05, 0.1) is 11.3 Å². The number of nitrogens with two attached hydrogens (primary N) is 1. The largest absolute Gasteiger partial charge is 0.461 e. The van der Waals surface area contributed by atoms with Crippen LogP contribution in [0.3, 0.4) is 0 Å². The summed E-state index contributed by atoms with van der Waals surface area (Å²) in [5, 5.41) is 3.45. The Morgan fingerprint density at radius 1 is 1.25 bits per heavy atom. The molecular formula is C23H26N6O3. The third-order valence-corrected chi connectivity index (χ3v) is 5.54. The van der Waals surface area contributed by atoms with Crippen molar-refractivity contribution in [2.75, 3.05) is 27.2 Å². The molecule has 0 spiro atoms. The van der Waals surface area contributed by atoms with Crippen molar-refractivity contribution in [2.24, 2.45) is 10.7 Å². The molecule has 2 aromatic heterocycles. The minimum Gasteiger partial charge on any atom is -0.461 e. The van der Waals surface area contributed by atoms with Crippen molar-refractivity contribution in [3.05, 3.63) is 59.6 Å². The number of fused-ring (bicyclic) bond motifs is 1. The van der Waals surface area contributed by atoms with E-state index < -0.39 is 5.91 Å². The first kappa shape index (κ1) is 21.5. The predicted octanol–water partition coefficient (Wildman–Crippen LogP) is 2.29. The number of aliphatic imine (C=N–C) groups is 1. The molecule has 1 fully saturated rings. The Labute approximate surface area is 185 Å². The number of carbonyl (C=O) groups is 2. The standard InChI is InChI=1S/C23H26N6O3/c1-14-10-16-11-17(5-7-20(16)32-14)26-23(24)27-21(30)15-4-6-19(25-12-15)22(31)29-9-8-18(13-29)28(2)3/h4-7,10-12,18H,8-9,13H2,1-3H3,(H3,24,26,27,30)/t18-/m1/s1. The number of carbonyl (C=O) groups excluding carboxylic acids is 2. The molecule has 32 heavy (non-hydrogen) atoms. The lowest BCUT2D eigenvalue weighted by Gasteiger charge is -2.20. The van der Waals surface area contributed by atoms with Crippen LogP contribution in [0.5, 0.6) is 0 Å². The Balaban J connectivity index is 1.39. The lowest BCUT2D eigenvalue weighted by molar-refractivity contribution is 0.0776. The maximum atomic E-state index is 12.7. The Morgan fingerprint density at radius 2 is 2.06 bits per heavy atom. The molecule has 1 aliphatic rings. The summed E-state index contributed by atoms with van der Waals surface area (Å²) in [5.41, 5.74) is 7.85. The number of aryl methyl sites for hydroxylation is 1. The molecule has 166 valence electrons. The number of nitrogens with zero attached hydrogens (tertiary/aromatic N) is 4. The van der Waals surface area contributed by atoms with E-state index in [-0.39, 0.29) is 17.4 Å². The normalized spacial score (nSPS) is 16.7. The Bertz CT molecular complexity index is 1180. The summed E-state index contributed by atoms with van der Waals surface area (Å²) in [6.45, 7) is 3.24. The summed E-state index contributed by atoms with van der Waals surface area (Å²) in [6, 6.07) is 10.8. The molecule has 0 saturated carbocycles. The molecule has 9 nitrogen and oxygen atoms in total. The second kappa shape index (κ2) is 8.80. The van der Waals surface area contributed by atoms with Gasteiger partial charge in [0.25, 0.3) is 11.8 Å². The molecule has 1 saturated heterocycles. The molecular weight excluding hydrogens is 408 g/mol. The van der Waals surface area contributed by atoms with Crippen molar-refractivity contribution >= 4 is 34.4 Å². The van der Waals surface area contributed by atoms with Crippen molar-refractivity contribution in [3.8, 4) is 0 Å². The van der Waals surface area contributed by atoms with E-state index in [9.17, 15) is 9.59 Å². The summed E-state index contributed by atoms with van der Waals surface area (Å²) in [5.74, 6) is 0.180. The first-order valence-electron chi connectivity index (χ1n) is 10.4. The van der Waals surface area contributed by atoms with Gasteiger partial charge in [-0.05, 0) is 63.8 Å². The van der Waals surface area contributed by atoms with Gasteiger partial charge in [0.2, 0.25) is 5.96 Å². The molecule has 3 heterocycles. The van der Waals surface area contributed by atoms with Gasteiger partial charge in [-0.1, -0.05) is 0 Å². The van der Waals surface area contributed by atoms with Crippen molar-refractivity contribution in [2.45, 2.75) is 19.4 Å². The van der Waals surface area contributed by atoms with Gasteiger partial charge >= 0.3 is 0 Å². The highest BCUT2D eigenvalue weighted by Crippen LogP contribution is 2.24. The van der Waals surface area contributed by atoms with Gasteiger partial charge in [-0.2, -0.15) is 0 Å².